The maximum atomic E-state index is 14.2. The van der Waals surface area contributed by atoms with Crippen molar-refractivity contribution in [3.05, 3.63) is 36.0 Å². The average Bonchev–Trinajstić information content (AvgIpc) is 3.59. The standard InChI is InChI=1S/C37H58N14O9S2/c1-37(2,62)29(30(38)56)51-32(58)23(10-6-13-44-36(41)42)49-33(59)24(15-19-17-45-21-8-4-3-7-20(19)21)50-34(60)25(16-28(54)55)48-27(53)18-46-31(57)22(47-26(52)11-14-61)9-5-12-43-35(39)40/h3-4,7-8,17,22-25,29,45,61-62H,5-6,9-16,18H2,1-2H3,(H2,38,56)(H,46,57)(H,47,52)(H,48,53)(H,49,59)(H,50,60)(H,51,58)(H,54,55)(H4,39,40,43)(H4,41,42,44)/t22-,23-,24-,25-,29-/m0/s1. The molecular weight excluding hydrogens is 849 g/mol. The van der Waals surface area contributed by atoms with E-state index in [1.54, 1.807) is 44.3 Å². The second kappa shape index (κ2) is 25.5. The molecule has 2 rings (SSSR count). The van der Waals surface area contributed by atoms with Gasteiger partial charge in [0.1, 0.15) is 30.2 Å². The zero-order chi connectivity index (χ0) is 46.6. The summed E-state index contributed by atoms with van der Waals surface area (Å²) in [5, 5.41) is 25.2. The van der Waals surface area contributed by atoms with E-state index in [1.165, 1.54) is 0 Å². The van der Waals surface area contributed by atoms with E-state index in [-0.39, 0.29) is 69.3 Å². The Kier molecular flexibility index (Phi) is 21.4. The number of carbonyl (C=O) groups is 8. The van der Waals surface area contributed by atoms with Crippen molar-refractivity contribution >= 4 is 95.4 Å². The van der Waals surface area contributed by atoms with Crippen LogP contribution in [-0.2, 0) is 44.8 Å². The lowest BCUT2D eigenvalue weighted by Crippen LogP contribution is -2.61. The third kappa shape index (κ3) is 18.6. The van der Waals surface area contributed by atoms with E-state index in [1.807, 2.05) is 0 Å². The van der Waals surface area contributed by atoms with E-state index in [4.69, 9.17) is 28.7 Å². The predicted molar refractivity (Wildman–Crippen MR) is 237 cm³/mol. The van der Waals surface area contributed by atoms with E-state index in [0.717, 1.165) is 0 Å². The van der Waals surface area contributed by atoms with E-state index >= 15 is 0 Å². The molecule has 1 heterocycles. The molecule has 0 aliphatic carbocycles. The number of hydrogen-bond donors (Lipinski definition) is 15. The number of nitrogens with zero attached hydrogens (tertiary/aromatic N) is 2. The number of aromatic amines is 1. The number of fused-ring (bicyclic) bond motifs is 1. The third-order valence-electron chi connectivity index (χ3n) is 8.98. The number of aliphatic imine (C=N–C) groups is 2. The fourth-order valence-corrected chi connectivity index (χ4v) is 6.34. The predicted octanol–water partition coefficient (Wildman–Crippen LogP) is -3.65. The van der Waals surface area contributed by atoms with Crippen LogP contribution in [0.4, 0.5) is 0 Å². The lowest BCUT2D eigenvalue weighted by atomic mass is 10.0. The first kappa shape index (κ1) is 51.9. The number of carboxylic acid groups (broad SMARTS) is 1. The maximum absolute atomic E-state index is 14.2. The summed E-state index contributed by atoms with van der Waals surface area (Å²) in [6.45, 7) is 2.58. The number of hydrogen-bond acceptors (Lipinski definition) is 12. The van der Waals surface area contributed by atoms with Gasteiger partial charge >= 0.3 is 5.97 Å². The van der Waals surface area contributed by atoms with Gasteiger partial charge in [-0.1, -0.05) is 18.2 Å². The Balaban J connectivity index is 2.38. The summed E-state index contributed by atoms with van der Waals surface area (Å²) in [5.41, 5.74) is 28.4. The van der Waals surface area contributed by atoms with Gasteiger partial charge in [0.05, 0.1) is 13.0 Å². The molecule has 0 spiro atoms. The molecule has 0 fully saturated rings. The van der Waals surface area contributed by atoms with E-state index in [0.29, 0.717) is 16.5 Å². The topological polar surface area (TPSA) is 400 Å². The first-order chi connectivity index (χ1) is 29.1. The van der Waals surface area contributed by atoms with Gasteiger partial charge < -0.3 is 70.7 Å². The number of carboxylic acids is 1. The summed E-state index contributed by atoms with van der Waals surface area (Å²) in [6.07, 6.45) is 0.966. The fourth-order valence-electron chi connectivity index (χ4n) is 5.95. The number of guanidine groups is 2. The number of para-hydroxylation sites is 1. The minimum absolute atomic E-state index is 0.00400. The number of carbonyl (C=O) groups excluding carboxylic acids is 7. The molecule has 1 aromatic heterocycles. The van der Waals surface area contributed by atoms with Crippen LogP contribution < -0.4 is 60.6 Å². The highest BCUT2D eigenvalue weighted by Crippen LogP contribution is 2.20. The molecule has 18 N–H and O–H groups in total. The molecule has 7 amide bonds. The molecule has 2 aromatic rings. The van der Waals surface area contributed by atoms with Gasteiger partial charge in [-0.15, -0.1) is 0 Å². The van der Waals surface area contributed by atoms with Crippen molar-refractivity contribution in [3.63, 3.8) is 0 Å². The molecular formula is C37H58N14O9S2. The van der Waals surface area contributed by atoms with Crippen LogP contribution in [-0.4, -0.2) is 130 Å². The van der Waals surface area contributed by atoms with Gasteiger partial charge in [-0.3, -0.25) is 48.3 Å². The van der Waals surface area contributed by atoms with Crippen molar-refractivity contribution in [2.24, 2.45) is 38.7 Å². The van der Waals surface area contributed by atoms with Crippen molar-refractivity contribution in [1.82, 2.24) is 36.9 Å². The van der Waals surface area contributed by atoms with Gasteiger partial charge in [-0.2, -0.15) is 25.3 Å². The Labute approximate surface area is 368 Å². The number of primary amides is 1. The number of benzene rings is 1. The molecule has 0 saturated heterocycles. The highest BCUT2D eigenvalue weighted by atomic mass is 32.1. The lowest BCUT2D eigenvalue weighted by molar-refractivity contribution is -0.141. The van der Waals surface area contributed by atoms with E-state index in [9.17, 15) is 43.5 Å². The van der Waals surface area contributed by atoms with Gasteiger partial charge in [-0.25, -0.2) is 0 Å². The number of H-pyrrole nitrogens is 1. The van der Waals surface area contributed by atoms with Crippen LogP contribution >= 0.6 is 25.3 Å². The summed E-state index contributed by atoms with van der Waals surface area (Å²) in [4.78, 5) is 115. The van der Waals surface area contributed by atoms with E-state index < -0.39 is 95.2 Å². The summed E-state index contributed by atoms with van der Waals surface area (Å²) in [5.74, 6) is -7.58. The Morgan fingerprint density at radius 1 is 0.742 bits per heavy atom. The van der Waals surface area contributed by atoms with Gasteiger partial charge in [-0.05, 0) is 56.9 Å². The smallest absolute Gasteiger partial charge is 0.305 e. The molecule has 0 saturated carbocycles. The van der Waals surface area contributed by atoms with Crippen LogP contribution in [0.2, 0.25) is 0 Å². The number of amides is 7. The number of aromatic nitrogens is 1. The second-order valence-electron chi connectivity index (χ2n) is 14.6. The molecule has 25 heteroatoms. The maximum Gasteiger partial charge on any atom is 0.305 e. The van der Waals surface area contributed by atoms with Crippen molar-refractivity contribution in [3.8, 4) is 0 Å². The summed E-state index contributed by atoms with van der Waals surface area (Å²) < 4.78 is -1.12. The number of thiol groups is 2. The molecule has 23 nitrogen and oxygen atoms in total. The van der Waals surface area contributed by atoms with Crippen LogP contribution in [0.3, 0.4) is 0 Å². The SMILES string of the molecule is CC(C)(S)[C@@H](NC(=O)[C@H](CCCN=C(N)N)NC(=O)[C@H](Cc1c[nH]c2ccccc12)NC(=O)[C@H](CC(=O)O)NC(=O)CNC(=O)[C@H](CCCN=C(N)N)NC(=O)CCS)C(N)=O. The van der Waals surface area contributed by atoms with Crippen molar-refractivity contribution < 1.29 is 43.5 Å². The molecule has 0 bridgehead atoms. The molecule has 0 radical (unpaired) electrons. The minimum atomic E-state index is -1.77. The Morgan fingerprint density at radius 3 is 1.82 bits per heavy atom. The normalized spacial score (nSPS) is 13.5. The third-order valence-corrected chi connectivity index (χ3v) is 9.46. The Hall–Kier alpha value is -6.24. The zero-order valence-electron chi connectivity index (χ0n) is 34.4. The largest absolute Gasteiger partial charge is 0.481 e. The fraction of sp³-hybridized carbons (Fsp3) is 0.514. The van der Waals surface area contributed by atoms with Crippen LogP contribution in [0.5, 0.6) is 0 Å². The Bertz CT molecular complexity index is 1960. The number of rotatable bonds is 27. The molecule has 0 aliphatic heterocycles. The first-order valence-corrected chi connectivity index (χ1v) is 20.5. The molecule has 62 heavy (non-hydrogen) atoms. The number of aliphatic carboxylic acids is 1. The van der Waals surface area contributed by atoms with Gasteiger partial charge in [0.15, 0.2) is 11.9 Å². The van der Waals surface area contributed by atoms with Crippen molar-refractivity contribution in [2.75, 3.05) is 25.4 Å². The second-order valence-corrected chi connectivity index (χ2v) is 16.2. The van der Waals surface area contributed by atoms with Crippen molar-refractivity contribution in [1.29, 1.82) is 0 Å². The van der Waals surface area contributed by atoms with Gasteiger partial charge in [0, 0.05) is 47.8 Å². The molecule has 0 aliphatic rings. The van der Waals surface area contributed by atoms with E-state index in [2.05, 4.69) is 72.1 Å². The highest BCUT2D eigenvalue weighted by molar-refractivity contribution is 7.81. The lowest BCUT2D eigenvalue weighted by Gasteiger charge is -2.30. The van der Waals surface area contributed by atoms with Gasteiger partial charge in [0.25, 0.3) is 0 Å². The molecule has 0 unspecified atom stereocenters. The average molecular weight is 907 g/mol. The number of nitrogens with one attached hydrogen (secondary N) is 7. The van der Waals surface area contributed by atoms with Crippen LogP contribution in [0.1, 0.15) is 57.9 Å². The first-order valence-electron chi connectivity index (χ1n) is 19.4. The molecule has 342 valence electrons. The summed E-state index contributed by atoms with van der Waals surface area (Å²) in [6, 6.07) is 0.104. The number of nitrogens with two attached hydrogens (primary N) is 5. The van der Waals surface area contributed by atoms with Crippen LogP contribution in [0.25, 0.3) is 10.9 Å². The zero-order valence-corrected chi connectivity index (χ0v) is 36.2. The quantitative estimate of drug-likeness (QED) is 0.0178. The van der Waals surface area contributed by atoms with Gasteiger partial charge in [0.2, 0.25) is 41.4 Å². The molecule has 5 atom stereocenters. The monoisotopic (exact) mass is 906 g/mol. The van der Waals surface area contributed by atoms with Crippen molar-refractivity contribution in [2.45, 2.75) is 93.7 Å². The van der Waals surface area contributed by atoms with Crippen LogP contribution in [0, 0.1) is 0 Å². The minimum Gasteiger partial charge on any atom is -0.481 e. The highest BCUT2D eigenvalue weighted by Gasteiger charge is 2.36. The Morgan fingerprint density at radius 2 is 1.27 bits per heavy atom. The van der Waals surface area contributed by atoms with Crippen LogP contribution in [0.15, 0.2) is 40.4 Å². The molecule has 1 aromatic carbocycles. The summed E-state index contributed by atoms with van der Waals surface area (Å²) in [7, 11) is 0. The summed E-state index contributed by atoms with van der Waals surface area (Å²) >= 11 is 8.40.